The minimum Gasteiger partial charge on any atom is -0.368 e. The number of nitrogens with two attached hydrogens (primary N) is 1. The van der Waals surface area contributed by atoms with Crippen LogP contribution < -0.4 is 16.4 Å². The lowest BCUT2D eigenvalue weighted by Gasteiger charge is -2.06. The van der Waals surface area contributed by atoms with Crippen molar-refractivity contribution in [3.8, 4) is 0 Å². The molecule has 0 fully saturated rings. The molecule has 2 rings (SSSR count). The van der Waals surface area contributed by atoms with Gasteiger partial charge in [-0.2, -0.15) is 15.1 Å². The fraction of sp³-hybridized carbons (Fsp3) is 0.333. The van der Waals surface area contributed by atoms with Crippen LogP contribution in [0.15, 0.2) is 6.20 Å². The van der Waals surface area contributed by atoms with Crippen LogP contribution in [-0.4, -0.2) is 39.2 Å². The lowest BCUT2D eigenvalue weighted by molar-refractivity contribution is -0.119. The van der Waals surface area contributed by atoms with Crippen molar-refractivity contribution < 1.29 is 4.79 Å². The minimum absolute atomic E-state index is 0.110. The van der Waals surface area contributed by atoms with Crippen molar-refractivity contribution in [2.75, 3.05) is 24.1 Å². The summed E-state index contributed by atoms with van der Waals surface area (Å²) < 4.78 is 0. The molecule has 0 spiro atoms. The Balaban J connectivity index is 2.17. The summed E-state index contributed by atoms with van der Waals surface area (Å²) in [5, 5.41) is 12.8. The number of rotatable bonds is 4. The third-order valence-electron chi connectivity index (χ3n) is 2.12. The van der Waals surface area contributed by atoms with Crippen molar-refractivity contribution in [3.63, 3.8) is 0 Å². The number of nitrogens with zero attached hydrogens (tertiary/aromatic N) is 3. The normalized spacial score (nSPS) is 10.4. The lowest BCUT2D eigenvalue weighted by atomic mass is 10.4. The number of nitrogens with one attached hydrogen (secondary N) is 3. The van der Waals surface area contributed by atoms with Gasteiger partial charge in [-0.25, -0.2) is 0 Å². The van der Waals surface area contributed by atoms with Gasteiger partial charge in [-0.15, -0.1) is 0 Å². The maximum Gasteiger partial charge on any atom is 0.239 e. The number of anilines is 2. The second-order valence-corrected chi connectivity index (χ2v) is 3.37. The summed E-state index contributed by atoms with van der Waals surface area (Å²) in [5.74, 6) is 0.508. The summed E-state index contributed by atoms with van der Waals surface area (Å²) in [6.07, 6.45) is 1.58. The van der Waals surface area contributed by atoms with E-state index in [0.717, 1.165) is 0 Å². The summed E-state index contributed by atoms with van der Waals surface area (Å²) in [6.45, 7) is 2.58. The Kier molecular flexibility index (Phi) is 3.03. The van der Waals surface area contributed by atoms with E-state index in [9.17, 15) is 4.79 Å². The van der Waals surface area contributed by atoms with E-state index in [-0.39, 0.29) is 18.4 Å². The number of carbonyl (C=O) groups is 1. The number of hydrogen-bond donors (Lipinski definition) is 4. The monoisotopic (exact) mass is 235 g/mol. The van der Waals surface area contributed by atoms with E-state index in [0.29, 0.717) is 23.4 Å². The molecule has 0 aliphatic rings. The molecule has 17 heavy (non-hydrogen) atoms. The van der Waals surface area contributed by atoms with E-state index >= 15 is 0 Å². The molecule has 2 aromatic heterocycles. The summed E-state index contributed by atoms with van der Waals surface area (Å²) in [4.78, 5) is 19.3. The van der Waals surface area contributed by atoms with Crippen LogP contribution in [0.5, 0.6) is 0 Å². The van der Waals surface area contributed by atoms with Crippen molar-refractivity contribution in [1.82, 2.24) is 25.5 Å². The van der Waals surface area contributed by atoms with E-state index in [1.807, 2.05) is 6.92 Å². The topological polar surface area (TPSA) is 122 Å². The molecule has 0 atom stereocenters. The first kappa shape index (κ1) is 11.1. The average Bonchev–Trinajstić information content (AvgIpc) is 2.74. The van der Waals surface area contributed by atoms with Gasteiger partial charge < -0.3 is 16.4 Å². The van der Waals surface area contributed by atoms with Crippen LogP contribution in [0.1, 0.15) is 6.92 Å². The van der Waals surface area contributed by atoms with E-state index in [2.05, 4.69) is 30.8 Å². The molecule has 0 aliphatic carbocycles. The van der Waals surface area contributed by atoms with Crippen LogP contribution in [0.2, 0.25) is 0 Å². The summed E-state index contributed by atoms with van der Waals surface area (Å²) >= 11 is 0. The zero-order valence-electron chi connectivity index (χ0n) is 9.32. The second kappa shape index (κ2) is 4.64. The van der Waals surface area contributed by atoms with E-state index in [1.54, 1.807) is 6.20 Å². The molecule has 1 amide bonds. The van der Waals surface area contributed by atoms with E-state index < -0.39 is 0 Å². The van der Waals surface area contributed by atoms with Crippen LogP contribution >= 0.6 is 0 Å². The largest absolute Gasteiger partial charge is 0.368 e. The van der Waals surface area contributed by atoms with Gasteiger partial charge in [0.05, 0.1) is 18.1 Å². The molecule has 90 valence electrons. The first-order chi connectivity index (χ1) is 8.20. The predicted octanol–water partition coefficient (Wildman–Crippen LogP) is -0.517. The van der Waals surface area contributed by atoms with Gasteiger partial charge in [-0.05, 0) is 6.92 Å². The second-order valence-electron chi connectivity index (χ2n) is 3.37. The third kappa shape index (κ3) is 2.41. The maximum absolute atomic E-state index is 11.3. The summed E-state index contributed by atoms with van der Waals surface area (Å²) in [5.41, 5.74) is 6.08. The standard InChI is InChI=1S/C9H13N7O/c1-2-11-6(17)4-12-7-5-3-13-16-8(5)15-9(10)14-7/h3H,2,4H2,1H3,(H,11,17)(H4,10,12,13,14,15,16). The molecule has 0 bridgehead atoms. The number of aromatic amines is 1. The Bertz CT molecular complexity index is 535. The smallest absolute Gasteiger partial charge is 0.239 e. The van der Waals surface area contributed by atoms with Crippen LogP contribution in [-0.2, 0) is 4.79 Å². The van der Waals surface area contributed by atoms with Crippen molar-refractivity contribution >= 4 is 28.7 Å². The van der Waals surface area contributed by atoms with Crippen LogP contribution in [0.25, 0.3) is 11.0 Å². The molecule has 0 unspecified atom stereocenters. The quantitative estimate of drug-likeness (QED) is 0.566. The van der Waals surface area contributed by atoms with Gasteiger partial charge in [0.2, 0.25) is 11.9 Å². The number of nitrogen functional groups attached to an aromatic ring is 1. The fourth-order valence-corrected chi connectivity index (χ4v) is 1.41. The van der Waals surface area contributed by atoms with Crippen molar-refractivity contribution in [2.45, 2.75) is 6.92 Å². The Morgan fingerprint density at radius 1 is 1.53 bits per heavy atom. The maximum atomic E-state index is 11.3. The number of aromatic nitrogens is 4. The number of likely N-dealkylation sites (N-methyl/N-ethyl adjacent to an activating group) is 1. The van der Waals surface area contributed by atoms with Gasteiger partial charge in [-0.3, -0.25) is 9.89 Å². The number of H-pyrrole nitrogens is 1. The third-order valence-corrected chi connectivity index (χ3v) is 2.12. The van der Waals surface area contributed by atoms with Gasteiger partial charge in [0.15, 0.2) is 5.65 Å². The average molecular weight is 235 g/mol. The zero-order valence-corrected chi connectivity index (χ0v) is 9.32. The molecule has 8 heteroatoms. The van der Waals surface area contributed by atoms with Gasteiger partial charge in [0, 0.05) is 6.54 Å². The first-order valence-electron chi connectivity index (χ1n) is 5.18. The van der Waals surface area contributed by atoms with Crippen molar-refractivity contribution in [3.05, 3.63) is 6.20 Å². The Hall–Kier alpha value is -2.38. The number of hydrogen-bond acceptors (Lipinski definition) is 6. The molecule has 8 nitrogen and oxygen atoms in total. The molecule has 0 aromatic carbocycles. The molecule has 0 radical (unpaired) electrons. The van der Waals surface area contributed by atoms with Crippen LogP contribution in [0, 0.1) is 0 Å². The predicted molar refractivity (Wildman–Crippen MR) is 63.3 cm³/mol. The molecule has 5 N–H and O–H groups in total. The summed E-state index contributed by atoms with van der Waals surface area (Å²) in [7, 11) is 0. The Morgan fingerprint density at radius 2 is 2.35 bits per heavy atom. The highest BCUT2D eigenvalue weighted by Gasteiger charge is 2.08. The molecule has 0 saturated carbocycles. The van der Waals surface area contributed by atoms with Gasteiger partial charge >= 0.3 is 0 Å². The van der Waals surface area contributed by atoms with Crippen LogP contribution in [0.4, 0.5) is 11.8 Å². The molecular weight excluding hydrogens is 222 g/mol. The molecule has 0 aliphatic heterocycles. The lowest BCUT2D eigenvalue weighted by Crippen LogP contribution is -2.29. The zero-order chi connectivity index (χ0) is 12.3. The van der Waals surface area contributed by atoms with Crippen LogP contribution in [0.3, 0.4) is 0 Å². The molecular formula is C9H13N7O. The first-order valence-corrected chi connectivity index (χ1v) is 5.18. The Labute approximate surface area is 97.0 Å². The minimum atomic E-state index is -0.110. The SMILES string of the molecule is CCNC(=O)CNc1nc(N)nc2[nH]ncc12. The molecule has 0 saturated heterocycles. The van der Waals surface area contributed by atoms with Gasteiger partial charge in [-0.1, -0.05) is 0 Å². The Morgan fingerprint density at radius 3 is 3.12 bits per heavy atom. The number of carbonyl (C=O) groups excluding carboxylic acids is 1. The van der Waals surface area contributed by atoms with Crippen molar-refractivity contribution in [1.29, 1.82) is 0 Å². The van der Waals surface area contributed by atoms with E-state index in [4.69, 9.17) is 5.73 Å². The fourth-order valence-electron chi connectivity index (χ4n) is 1.41. The van der Waals surface area contributed by atoms with E-state index in [1.165, 1.54) is 0 Å². The molecule has 2 heterocycles. The number of amides is 1. The highest BCUT2D eigenvalue weighted by molar-refractivity contribution is 5.89. The highest BCUT2D eigenvalue weighted by atomic mass is 16.1. The number of fused-ring (bicyclic) bond motifs is 1. The van der Waals surface area contributed by atoms with Gasteiger partial charge in [0.1, 0.15) is 5.82 Å². The summed E-state index contributed by atoms with van der Waals surface area (Å²) in [6, 6.07) is 0. The highest BCUT2D eigenvalue weighted by Crippen LogP contribution is 2.18. The molecule has 2 aromatic rings. The van der Waals surface area contributed by atoms with Crippen molar-refractivity contribution in [2.24, 2.45) is 0 Å². The van der Waals surface area contributed by atoms with Gasteiger partial charge in [0.25, 0.3) is 0 Å².